The third-order valence-electron chi connectivity index (χ3n) is 15.1. The van der Waals surface area contributed by atoms with Crippen LogP contribution in [0.15, 0.2) is 176 Å². The molecule has 1 aliphatic carbocycles. The Hall–Kier alpha value is -6.44. The van der Waals surface area contributed by atoms with Crippen LogP contribution in [0.2, 0.25) is 0 Å². The lowest BCUT2D eigenvalue weighted by Gasteiger charge is -2.52. The molecule has 1 aliphatic heterocycles. The minimum absolute atomic E-state index is 0.00270. The predicted molar refractivity (Wildman–Crippen MR) is 253 cm³/mol. The molecule has 1 saturated carbocycles. The second kappa shape index (κ2) is 12.8. The highest BCUT2D eigenvalue weighted by Gasteiger charge is 2.59. The van der Waals surface area contributed by atoms with Gasteiger partial charge in [0.15, 0.2) is 0 Å². The van der Waals surface area contributed by atoms with Gasteiger partial charge in [0.2, 0.25) is 0 Å². The normalized spacial score (nSPS) is 20.3. The van der Waals surface area contributed by atoms with E-state index in [9.17, 15) is 0 Å². The molecule has 0 saturated heterocycles. The zero-order valence-corrected chi connectivity index (χ0v) is 34.1. The molecule has 0 N–H and O–H groups in total. The first-order chi connectivity index (χ1) is 28.9. The molecule has 1 heteroatoms. The lowest BCUT2D eigenvalue weighted by Crippen LogP contribution is -2.56. The van der Waals surface area contributed by atoms with Crippen LogP contribution in [0, 0.1) is 5.92 Å². The minimum Gasteiger partial charge on any atom is -0.334 e. The van der Waals surface area contributed by atoms with Crippen molar-refractivity contribution in [1.29, 1.82) is 0 Å². The smallest absolute Gasteiger partial charge is 0.0518 e. The van der Waals surface area contributed by atoms with E-state index in [0.717, 1.165) is 5.92 Å². The van der Waals surface area contributed by atoms with Gasteiger partial charge < -0.3 is 4.90 Å². The Balaban J connectivity index is 1.17. The fourth-order valence-electron chi connectivity index (χ4n) is 11.9. The van der Waals surface area contributed by atoms with Crippen LogP contribution in [0.1, 0.15) is 52.0 Å². The maximum Gasteiger partial charge on any atom is 0.0518 e. The molecule has 3 unspecified atom stereocenters. The van der Waals surface area contributed by atoms with Gasteiger partial charge in [-0.05, 0) is 155 Å². The van der Waals surface area contributed by atoms with Crippen molar-refractivity contribution >= 4 is 65.2 Å². The van der Waals surface area contributed by atoms with Gasteiger partial charge in [-0.25, -0.2) is 0 Å². The van der Waals surface area contributed by atoms with Crippen molar-refractivity contribution in [2.45, 2.75) is 57.4 Å². The van der Waals surface area contributed by atoms with E-state index in [1.165, 1.54) is 130 Å². The van der Waals surface area contributed by atoms with Crippen LogP contribution in [-0.4, -0.2) is 5.54 Å². The van der Waals surface area contributed by atoms with Crippen LogP contribution in [0.3, 0.4) is 0 Å². The molecular formula is C58H47N. The highest BCUT2D eigenvalue weighted by Crippen LogP contribution is 2.62. The largest absolute Gasteiger partial charge is 0.334 e. The van der Waals surface area contributed by atoms with Gasteiger partial charge in [-0.15, -0.1) is 0 Å². The Bertz CT molecular complexity index is 3270. The molecule has 0 spiro atoms. The average Bonchev–Trinajstić information content (AvgIpc) is 3.49. The second-order valence-corrected chi connectivity index (χ2v) is 17.9. The number of nitrogens with zero attached hydrogens (tertiary/aromatic N) is 1. The van der Waals surface area contributed by atoms with Crippen LogP contribution in [0.5, 0.6) is 0 Å². The molecule has 0 amide bonds. The molecule has 284 valence electrons. The van der Waals surface area contributed by atoms with Gasteiger partial charge in [-0.1, -0.05) is 166 Å². The van der Waals surface area contributed by atoms with E-state index in [-0.39, 0.29) is 11.0 Å². The predicted octanol–water partition coefficient (Wildman–Crippen LogP) is 16.3. The van der Waals surface area contributed by atoms with Crippen molar-refractivity contribution in [3.8, 4) is 33.4 Å². The van der Waals surface area contributed by atoms with E-state index in [4.69, 9.17) is 0 Å². The molecule has 59 heavy (non-hydrogen) atoms. The van der Waals surface area contributed by atoms with Crippen LogP contribution in [-0.2, 0) is 5.41 Å². The maximum atomic E-state index is 2.71. The molecule has 0 radical (unpaired) electrons. The third kappa shape index (κ3) is 4.85. The number of anilines is 2. The highest BCUT2D eigenvalue weighted by molar-refractivity contribution is 6.31. The van der Waals surface area contributed by atoms with Gasteiger partial charge in [-0.3, -0.25) is 0 Å². The summed E-state index contributed by atoms with van der Waals surface area (Å²) < 4.78 is 0. The molecule has 0 aromatic heterocycles. The van der Waals surface area contributed by atoms with E-state index < -0.39 is 0 Å². The molecule has 1 fully saturated rings. The Kier molecular flexibility index (Phi) is 7.49. The van der Waals surface area contributed by atoms with Crippen molar-refractivity contribution in [1.82, 2.24) is 0 Å². The van der Waals surface area contributed by atoms with Gasteiger partial charge in [0.25, 0.3) is 0 Å². The Labute approximate surface area is 346 Å². The van der Waals surface area contributed by atoms with Gasteiger partial charge >= 0.3 is 0 Å². The first-order valence-electron chi connectivity index (χ1n) is 21.7. The fraction of sp³-hybridized carbons (Fsp3) is 0.172. The number of rotatable bonds is 5. The van der Waals surface area contributed by atoms with Crippen molar-refractivity contribution in [3.63, 3.8) is 0 Å². The summed E-state index contributed by atoms with van der Waals surface area (Å²) >= 11 is 0. The van der Waals surface area contributed by atoms with Crippen LogP contribution >= 0.6 is 0 Å². The molecule has 10 aromatic carbocycles. The number of benzene rings is 10. The van der Waals surface area contributed by atoms with Crippen LogP contribution < -0.4 is 4.90 Å². The van der Waals surface area contributed by atoms with Gasteiger partial charge in [0.05, 0.1) is 5.54 Å². The minimum atomic E-state index is -0.0181. The zero-order valence-electron chi connectivity index (χ0n) is 34.1. The molecule has 10 aromatic rings. The fourth-order valence-corrected chi connectivity index (χ4v) is 11.9. The quantitative estimate of drug-likeness (QED) is 0.158. The van der Waals surface area contributed by atoms with Gasteiger partial charge in [-0.2, -0.15) is 0 Å². The first kappa shape index (κ1) is 34.6. The van der Waals surface area contributed by atoms with E-state index >= 15 is 0 Å². The van der Waals surface area contributed by atoms with Gasteiger partial charge in [0.1, 0.15) is 0 Å². The SMILES string of the molecule is CCC1CCC2(C)N(c3ccccc3)c3ccc(-c4cc(-c5cccc6ccccc56)c5ccc6ccc(-c7cccc8ccccc78)c7ccc4c5c67)cc3C2(C)C1. The molecule has 3 atom stereocenters. The van der Waals surface area contributed by atoms with E-state index in [0.29, 0.717) is 0 Å². The topological polar surface area (TPSA) is 3.24 Å². The molecule has 1 nitrogen and oxygen atoms in total. The number of hydrogen-bond acceptors (Lipinski definition) is 1. The van der Waals surface area contributed by atoms with E-state index in [2.05, 4.69) is 202 Å². The van der Waals surface area contributed by atoms with E-state index in [1.54, 1.807) is 0 Å². The highest BCUT2D eigenvalue weighted by atomic mass is 15.3. The number of para-hydroxylation sites is 1. The van der Waals surface area contributed by atoms with Crippen LogP contribution in [0.25, 0.3) is 87.2 Å². The molecule has 1 heterocycles. The molecular weight excluding hydrogens is 711 g/mol. The second-order valence-electron chi connectivity index (χ2n) is 17.9. The third-order valence-corrected chi connectivity index (χ3v) is 15.1. The summed E-state index contributed by atoms with van der Waals surface area (Å²) in [6.07, 6.45) is 4.90. The Morgan fingerprint density at radius 1 is 0.492 bits per heavy atom. The summed E-state index contributed by atoms with van der Waals surface area (Å²) in [5.74, 6) is 0.726. The zero-order chi connectivity index (χ0) is 39.5. The first-order valence-corrected chi connectivity index (χ1v) is 21.7. The summed E-state index contributed by atoms with van der Waals surface area (Å²) in [6.45, 7) is 7.53. The van der Waals surface area contributed by atoms with Crippen molar-refractivity contribution in [2.75, 3.05) is 4.90 Å². The van der Waals surface area contributed by atoms with Crippen molar-refractivity contribution in [3.05, 3.63) is 181 Å². The average molecular weight is 758 g/mol. The number of fused-ring (bicyclic) bond motifs is 5. The van der Waals surface area contributed by atoms with Crippen LogP contribution in [0.4, 0.5) is 11.4 Å². The molecule has 2 aliphatic rings. The molecule has 0 bridgehead atoms. The standard InChI is InChI=1S/C58H47N/c1-4-37-32-33-58(3)57(2,36-37)53-34-41(26-31-54(53)59(58)42-18-6-5-7-19-42)51-35-52(46-23-13-17-39-15-9-11-21-44(39)46)50-28-25-40-24-27-47(48-29-30-49(51)56(50)55(40)48)45-22-12-16-38-14-8-10-20-43(38)45/h5-31,34-35,37H,4,32-33,36H2,1-3H3. The lowest BCUT2D eigenvalue weighted by molar-refractivity contribution is 0.143. The summed E-state index contributed by atoms with van der Waals surface area (Å²) in [4.78, 5) is 2.71. The number of hydrogen-bond donors (Lipinski definition) is 0. The Morgan fingerprint density at radius 3 is 1.81 bits per heavy atom. The van der Waals surface area contributed by atoms with E-state index in [1.807, 2.05) is 0 Å². The van der Waals surface area contributed by atoms with Gasteiger partial charge in [0, 0.05) is 16.8 Å². The van der Waals surface area contributed by atoms with Crippen molar-refractivity contribution in [2.24, 2.45) is 5.92 Å². The lowest BCUT2D eigenvalue weighted by atomic mass is 9.58. The van der Waals surface area contributed by atoms with Crippen molar-refractivity contribution < 1.29 is 0 Å². The molecule has 12 rings (SSSR count). The maximum absolute atomic E-state index is 2.71. The summed E-state index contributed by atoms with van der Waals surface area (Å²) in [7, 11) is 0. The summed E-state index contributed by atoms with van der Waals surface area (Å²) in [6, 6.07) is 66.7. The Morgan fingerprint density at radius 2 is 1.08 bits per heavy atom. The summed E-state index contributed by atoms with van der Waals surface area (Å²) in [5, 5.41) is 13.0. The monoisotopic (exact) mass is 757 g/mol. The summed E-state index contributed by atoms with van der Waals surface area (Å²) in [5.41, 5.74) is 11.9.